The Hall–Kier alpha value is -1.06. The number of hydrogen-bond acceptors (Lipinski definition) is 3. The molecule has 1 atom stereocenters. The monoisotopic (exact) mass is 257 g/mol. The topological polar surface area (TPSA) is 55.4 Å². The number of carbonyl (C=O) groups excluding carboxylic acids is 2. The Labute approximate surface area is 110 Å². The predicted octanol–water partition coefficient (Wildman–Crippen LogP) is 3.15. The summed E-state index contributed by atoms with van der Waals surface area (Å²) in [5.74, 6) is 0.261. The first-order chi connectivity index (χ1) is 8.47. The Morgan fingerprint density at radius 2 is 1.61 bits per heavy atom. The Kier molecular flexibility index (Phi) is 8.42. The van der Waals surface area contributed by atoms with Gasteiger partial charge in [-0.15, -0.1) is 0 Å². The minimum absolute atomic E-state index is 0.0459. The second-order valence-electron chi connectivity index (χ2n) is 5.03. The van der Waals surface area contributed by atoms with Crippen LogP contribution in [0.5, 0.6) is 0 Å². The Balaban J connectivity index is 4.75. The molecule has 106 valence electrons. The van der Waals surface area contributed by atoms with Gasteiger partial charge in [-0.1, -0.05) is 40.5 Å². The Morgan fingerprint density at radius 3 is 1.94 bits per heavy atom. The van der Waals surface area contributed by atoms with Gasteiger partial charge in [0.1, 0.15) is 0 Å². The van der Waals surface area contributed by atoms with Crippen LogP contribution < -0.4 is 5.32 Å². The molecule has 18 heavy (non-hydrogen) atoms. The molecular formula is C14H27NO3. The molecule has 1 N–H and O–H groups in total. The Bertz CT molecular complexity index is 258. The van der Waals surface area contributed by atoms with Gasteiger partial charge in [0.05, 0.1) is 13.2 Å². The van der Waals surface area contributed by atoms with Crippen LogP contribution in [-0.4, -0.2) is 25.0 Å². The molecule has 0 unspecified atom stereocenters. The normalized spacial score (nSPS) is 12.6. The van der Waals surface area contributed by atoms with E-state index < -0.39 is 12.1 Å². The highest BCUT2D eigenvalue weighted by molar-refractivity contribution is 5.89. The smallest absolute Gasteiger partial charge is 0.407 e. The van der Waals surface area contributed by atoms with E-state index in [1.165, 1.54) is 7.11 Å². The van der Waals surface area contributed by atoms with Crippen molar-refractivity contribution in [1.82, 2.24) is 5.32 Å². The van der Waals surface area contributed by atoms with Gasteiger partial charge in [0, 0.05) is 5.92 Å². The number of ether oxygens (including phenoxy) is 1. The molecule has 0 bridgehead atoms. The van der Waals surface area contributed by atoms with Gasteiger partial charge in [-0.2, -0.15) is 0 Å². The molecule has 0 saturated carbocycles. The zero-order valence-electron chi connectivity index (χ0n) is 12.3. The molecule has 0 rings (SSSR count). The van der Waals surface area contributed by atoms with E-state index in [-0.39, 0.29) is 17.6 Å². The molecule has 1 amide bonds. The number of carbonyl (C=O) groups is 2. The fourth-order valence-electron chi connectivity index (χ4n) is 2.13. The molecule has 0 aliphatic rings. The molecular weight excluding hydrogens is 230 g/mol. The van der Waals surface area contributed by atoms with Gasteiger partial charge in [0.25, 0.3) is 0 Å². The number of nitrogens with one attached hydrogen (secondary N) is 1. The largest absolute Gasteiger partial charge is 0.453 e. The van der Waals surface area contributed by atoms with E-state index in [0.717, 1.165) is 25.7 Å². The van der Waals surface area contributed by atoms with Crippen LogP contribution in [0.3, 0.4) is 0 Å². The third-order valence-corrected chi connectivity index (χ3v) is 3.11. The van der Waals surface area contributed by atoms with Crippen LogP contribution in [0.4, 0.5) is 4.79 Å². The van der Waals surface area contributed by atoms with Crippen LogP contribution in [0.2, 0.25) is 0 Å². The minimum Gasteiger partial charge on any atom is -0.453 e. The van der Waals surface area contributed by atoms with Crippen LogP contribution in [0.1, 0.15) is 53.4 Å². The van der Waals surface area contributed by atoms with Crippen molar-refractivity contribution in [3.63, 3.8) is 0 Å². The molecule has 0 saturated heterocycles. The lowest BCUT2D eigenvalue weighted by molar-refractivity contribution is -0.126. The fourth-order valence-corrected chi connectivity index (χ4v) is 2.13. The van der Waals surface area contributed by atoms with Crippen LogP contribution in [-0.2, 0) is 9.53 Å². The van der Waals surface area contributed by atoms with Crippen LogP contribution >= 0.6 is 0 Å². The van der Waals surface area contributed by atoms with Gasteiger partial charge in [0.15, 0.2) is 5.78 Å². The second-order valence-corrected chi connectivity index (χ2v) is 5.03. The molecule has 0 heterocycles. The summed E-state index contributed by atoms with van der Waals surface area (Å²) in [6, 6.07) is -0.444. The summed E-state index contributed by atoms with van der Waals surface area (Å²) >= 11 is 0. The molecule has 0 aromatic rings. The quantitative estimate of drug-likeness (QED) is 0.726. The third-order valence-electron chi connectivity index (χ3n) is 3.11. The maximum absolute atomic E-state index is 12.4. The van der Waals surface area contributed by atoms with E-state index in [4.69, 9.17) is 0 Å². The van der Waals surface area contributed by atoms with E-state index in [2.05, 4.69) is 23.9 Å². The minimum atomic E-state index is -0.534. The lowest BCUT2D eigenvalue weighted by atomic mass is 9.86. The first-order valence-electron chi connectivity index (χ1n) is 6.86. The highest BCUT2D eigenvalue weighted by Crippen LogP contribution is 2.19. The van der Waals surface area contributed by atoms with Crippen molar-refractivity contribution < 1.29 is 14.3 Å². The van der Waals surface area contributed by atoms with E-state index in [0.29, 0.717) is 0 Å². The van der Waals surface area contributed by atoms with Crippen molar-refractivity contribution in [2.24, 2.45) is 11.8 Å². The SMILES string of the molecule is CCCC(CCC)C(=O)[C@H](NC(=O)OC)C(C)C. The van der Waals surface area contributed by atoms with Gasteiger partial charge in [0.2, 0.25) is 0 Å². The summed E-state index contributed by atoms with van der Waals surface area (Å²) in [6.45, 7) is 8.03. The maximum atomic E-state index is 12.4. The molecule has 0 aliphatic carbocycles. The molecule has 0 aromatic heterocycles. The van der Waals surface area contributed by atoms with Crippen molar-refractivity contribution >= 4 is 11.9 Å². The molecule has 0 aliphatic heterocycles. The number of rotatable bonds is 8. The number of ketones is 1. The molecule has 4 nitrogen and oxygen atoms in total. The first kappa shape index (κ1) is 16.9. The lowest BCUT2D eigenvalue weighted by Crippen LogP contribution is -2.46. The Morgan fingerprint density at radius 1 is 1.11 bits per heavy atom. The summed E-state index contributed by atoms with van der Waals surface area (Å²) in [4.78, 5) is 23.7. The van der Waals surface area contributed by atoms with Gasteiger partial charge in [-0.25, -0.2) is 4.79 Å². The lowest BCUT2D eigenvalue weighted by Gasteiger charge is -2.25. The highest BCUT2D eigenvalue weighted by atomic mass is 16.5. The van der Waals surface area contributed by atoms with Crippen LogP contribution in [0.15, 0.2) is 0 Å². The van der Waals surface area contributed by atoms with Crippen molar-refractivity contribution in [3.8, 4) is 0 Å². The number of hydrogen-bond donors (Lipinski definition) is 1. The van der Waals surface area contributed by atoms with Crippen LogP contribution in [0, 0.1) is 11.8 Å². The van der Waals surface area contributed by atoms with E-state index in [9.17, 15) is 9.59 Å². The summed E-state index contributed by atoms with van der Waals surface area (Å²) in [7, 11) is 1.31. The fraction of sp³-hybridized carbons (Fsp3) is 0.857. The van der Waals surface area contributed by atoms with Crippen molar-refractivity contribution in [1.29, 1.82) is 0 Å². The summed E-state index contributed by atoms with van der Waals surface area (Å²) in [5, 5.41) is 2.65. The van der Waals surface area contributed by atoms with E-state index in [1.54, 1.807) is 0 Å². The maximum Gasteiger partial charge on any atom is 0.407 e. The average molecular weight is 257 g/mol. The number of methoxy groups -OCH3 is 1. The first-order valence-corrected chi connectivity index (χ1v) is 6.86. The standard InChI is InChI=1S/C14H27NO3/c1-6-8-11(9-7-2)13(16)12(10(3)4)15-14(17)18-5/h10-12H,6-9H2,1-5H3,(H,15,17)/t12-/m1/s1. The van der Waals surface area contributed by atoms with Gasteiger partial charge < -0.3 is 10.1 Å². The van der Waals surface area contributed by atoms with Gasteiger partial charge >= 0.3 is 6.09 Å². The van der Waals surface area contributed by atoms with Crippen LogP contribution in [0.25, 0.3) is 0 Å². The summed E-state index contributed by atoms with van der Waals surface area (Å²) in [5.41, 5.74) is 0. The molecule has 0 aromatic carbocycles. The van der Waals surface area contributed by atoms with Gasteiger partial charge in [-0.3, -0.25) is 4.79 Å². The molecule has 0 fully saturated rings. The number of alkyl carbamates (subject to hydrolysis) is 1. The predicted molar refractivity (Wildman–Crippen MR) is 72.5 cm³/mol. The zero-order valence-corrected chi connectivity index (χ0v) is 12.3. The van der Waals surface area contributed by atoms with Crippen molar-refractivity contribution in [3.05, 3.63) is 0 Å². The molecule has 4 heteroatoms. The zero-order chi connectivity index (χ0) is 14.1. The average Bonchev–Trinajstić information content (AvgIpc) is 2.34. The number of Topliss-reactive ketones (excluding diaryl/α,β-unsaturated/α-hetero) is 1. The third kappa shape index (κ3) is 5.52. The van der Waals surface area contributed by atoms with E-state index >= 15 is 0 Å². The van der Waals surface area contributed by atoms with Gasteiger partial charge in [-0.05, 0) is 18.8 Å². The summed E-state index contributed by atoms with van der Waals surface area (Å²) in [6.07, 6.45) is 3.21. The van der Waals surface area contributed by atoms with E-state index in [1.807, 2.05) is 13.8 Å². The number of amides is 1. The summed E-state index contributed by atoms with van der Waals surface area (Å²) < 4.78 is 4.58. The van der Waals surface area contributed by atoms with Crippen molar-refractivity contribution in [2.75, 3.05) is 7.11 Å². The molecule has 0 radical (unpaired) electrons. The second kappa shape index (κ2) is 8.95. The van der Waals surface area contributed by atoms with Crippen molar-refractivity contribution in [2.45, 2.75) is 59.4 Å². The highest BCUT2D eigenvalue weighted by Gasteiger charge is 2.29. The molecule has 0 spiro atoms.